The predicted octanol–water partition coefficient (Wildman–Crippen LogP) is 0.838. The van der Waals surface area contributed by atoms with Gasteiger partial charge in [0.15, 0.2) is 0 Å². The van der Waals surface area contributed by atoms with E-state index < -0.39 is 0 Å². The summed E-state index contributed by atoms with van der Waals surface area (Å²) >= 11 is 0. The molecular weight excluding hydrogens is 172 g/mol. The number of nitrogens with one attached hydrogen (secondary N) is 1. The third kappa shape index (κ3) is 5.05. The van der Waals surface area contributed by atoms with Gasteiger partial charge in [0.05, 0.1) is 7.11 Å². The Bertz CT molecular complexity index is 201. The largest absolute Gasteiger partial charge is 0.468 e. The van der Waals surface area contributed by atoms with Crippen molar-refractivity contribution in [2.45, 2.75) is 19.4 Å². The van der Waals surface area contributed by atoms with Crippen LogP contribution in [0.25, 0.3) is 10.4 Å². The number of hydrogen-bond donors (Lipinski definition) is 1. The lowest BCUT2D eigenvalue weighted by Crippen LogP contribution is -2.38. The number of hydrogen-bond acceptors (Lipinski definition) is 4. The number of methoxy groups -OCH3 is 1. The topological polar surface area (TPSA) is 87.1 Å². The molecule has 1 unspecified atom stereocenters. The van der Waals surface area contributed by atoms with E-state index in [2.05, 4.69) is 20.1 Å². The van der Waals surface area contributed by atoms with Crippen LogP contribution in [-0.2, 0) is 9.53 Å². The lowest BCUT2D eigenvalue weighted by molar-refractivity contribution is -0.143. The number of rotatable bonds is 6. The molecule has 0 spiro atoms. The highest BCUT2D eigenvalue weighted by atomic mass is 16.5. The zero-order chi connectivity index (χ0) is 10.1. The first kappa shape index (κ1) is 11.7. The van der Waals surface area contributed by atoms with Crippen molar-refractivity contribution < 1.29 is 9.53 Å². The Kier molecular flexibility index (Phi) is 6.68. The maximum absolute atomic E-state index is 11.0. The molecule has 0 bridgehead atoms. The van der Waals surface area contributed by atoms with Crippen LogP contribution >= 0.6 is 0 Å². The standard InChI is InChI=1S/C7H14N4O2/c1-3-6(7(12)13-2)9-4-5-10-11-8/h6,9H,3-5H2,1-2H3. The van der Waals surface area contributed by atoms with E-state index in [0.717, 1.165) is 0 Å². The second-order valence-corrected chi connectivity index (χ2v) is 2.39. The van der Waals surface area contributed by atoms with Crippen LogP contribution in [0.2, 0.25) is 0 Å². The molecule has 13 heavy (non-hydrogen) atoms. The first-order valence-electron chi connectivity index (χ1n) is 4.08. The number of carbonyl (C=O) groups is 1. The molecule has 0 aromatic heterocycles. The fraction of sp³-hybridized carbons (Fsp3) is 0.857. The van der Waals surface area contributed by atoms with Crippen molar-refractivity contribution in [1.82, 2.24) is 5.32 Å². The van der Waals surface area contributed by atoms with Crippen molar-refractivity contribution in [3.05, 3.63) is 10.4 Å². The van der Waals surface area contributed by atoms with Gasteiger partial charge in [-0.25, -0.2) is 0 Å². The van der Waals surface area contributed by atoms with Crippen LogP contribution in [-0.4, -0.2) is 32.2 Å². The van der Waals surface area contributed by atoms with Crippen LogP contribution in [0.15, 0.2) is 5.11 Å². The van der Waals surface area contributed by atoms with Gasteiger partial charge in [0.25, 0.3) is 0 Å². The van der Waals surface area contributed by atoms with Gasteiger partial charge in [0, 0.05) is 18.0 Å². The molecule has 0 aliphatic carbocycles. The summed E-state index contributed by atoms with van der Waals surface area (Å²) in [6.45, 7) is 2.70. The molecule has 0 saturated carbocycles. The van der Waals surface area contributed by atoms with Crippen molar-refractivity contribution in [1.29, 1.82) is 0 Å². The van der Waals surface area contributed by atoms with E-state index in [1.54, 1.807) is 0 Å². The van der Waals surface area contributed by atoms with Gasteiger partial charge in [-0.3, -0.25) is 4.79 Å². The van der Waals surface area contributed by atoms with E-state index in [9.17, 15) is 4.79 Å². The first-order valence-corrected chi connectivity index (χ1v) is 4.08. The fourth-order valence-electron chi connectivity index (χ4n) is 0.870. The lowest BCUT2D eigenvalue weighted by atomic mass is 10.2. The minimum atomic E-state index is -0.307. The summed E-state index contributed by atoms with van der Waals surface area (Å²) in [6, 6.07) is -0.307. The Morgan fingerprint density at radius 2 is 2.46 bits per heavy atom. The van der Waals surface area contributed by atoms with Crippen molar-refractivity contribution in [2.24, 2.45) is 5.11 Å². The van der Waals surface area contributed by atoms with Crippen LogP contribution in [0.3, 0.4) is 0 Å². The first-order chi connectivity index (χ1) is 6.26. The van der Waals surface area contributed by atoms with Gasteiger partial charge in [0.2, 0.25) is 0 Å². The molecule has 6 heteroatoms. The van der Waals surface area contributed by atoms with Gasteiger partial charge in [0.1, 0.15) is 6.04 Å². The van der Waals surface area contributed by atoms with E-state index in [0.29, 0.717) is 19.5 Å². The molecule has 1 atom stereocenters. The predicted molar refractivity (Wildman–Crippen MR) is 48.1 cm³/mol. The molecule has 0 radical (unpaired) electrons. The average molecular weight is 186 g/mol. The van der Waals surface area contributed by atoms with E-state index in [-0.39, 0.29) is 12.0 Å². The van der Waals surface area contributed by atoms with Crippen molar-refractivity contribution in [2.75, 3.05) is 20.2 Å². The van der Waals surface area contributed by atoms with Gasteiger partial charge in [-0.05, 0) is 12.0 Å². The zero-order valence-corrected chi connectivity index (χ0v) is 7.86. The third-order valence-electron chi connectivity index (χ3n) is 1.56. The van der Waals surface area contributed by atoms with Crippen LogP contribution in [0.4, 0.5) is 0 Å². The molecule has 74 valence electrons. The SMILES string of the molecule is CCC(NCCN=[N+]=[N-])C(=O)OC. The quantitative estimate of drug-likeness (QED) is 0.219. The summed E-state index contributed by atoms with van der Waals surface area (Å²) < 4.78 is 4.56. The van der Waals surface area contributed by atoms with E-state index in [1.807, 2.05) is 6.92 Å². The minimum absolute atomic E-state index is 0.288. The zero-order valence-electron chi connectivity index (χ0n) is 7.86. The van der Waals surface area contributed by atoms with E-state index in [1.165, 1.54) is 7.11 Å². The molecule has 0 rings (SSSR count). The summed E-state index contributed by atoms with van der Waals surface area (Å²) in [6.07, 6.45) is 0.656. The van der Waals surface area contributed by atoms with Gasteiger partial charge in [-0.15, -0.1) is 0 Å². The number of ether oxygens (including phenoxy) is 1. The fourth-order valence-corrected chi connectivity index (χ4v) is 0.870. The molecule has 0 fully saturated rings. The number of carbonyl (C=O) groups excluding carboxylic acids is 1. The number of nitrogens with zero attached hydrogens (tertiary/aromatic N) is 3. The van der Waals surface area contributed by atoms with Crippen molar-refractivity contribution >= 4 is 5.97 Å². The summed E-state index contributed by atoms with van der Waals surface area (Å²) in [7, 11) is 1.35. The monoisotopic (exact) mass is 186 g/mol. The van der Waals surface area contributed by atoms with Crippen molar-refractivity contribution in [3.8, 4) is 0 Å². The molecule has 6 nitrogen and oxygen atoms in total. The average Bonchev–Trinajstić information content (AvgIpc) is 2.17. The molecule has 0 saturated heterocycles. The van der Waals surface area contributed by atoms with Crippen LogP contribution < -0.4 is 5.32 Å². The second-order valence-electron chi connectivity index (χ2n) is 2.39. The third-order valence-corrected chi connectivity index (χ3v) is 1.56. The Balaban J connectivity index is 3.71. The minimum Gasteiger partial charge on any atom is -0.468 e. The highest BCUT2D eigenvalue weighted by Crippen LogP contribution is 1.92. The van der Waals surface area contributed by atoms with Gasteiger partial charge >= 0.3 is 5.97 Å². The Morgan fingerprint density at radius 1 is 1.77 bits per heavy atom. The van der Waals surface area contributed by atoms with Gasteiger partial charge in [-0.2, -0.15) is 0 Å². The van der Waals surface area contributed by atoms with E-state index in [4.69, 9.17) is 5.53 Å². The number of esters is 1. The molecule has 0 aromatic carbocycles. The van der Waals surface area contributed by atoms with Crippen LogP contribution in [0.5, 0.6) is 0 Å². The van der Waals surface area contributed by atoms with Crippen molar-refractivity contribution in [3.63, 3.8) is 0 Å². The maximum Gasteiger partial charge on any atom is 0.322 e. The highest BCUT2D eigenvalue weighted by molar-refractivity contribution is 5.75. The summed E-state index contributed by atoms with van der Waals surface area (Å²) in [5.41, 5.74) is 7.98. The van der Waals surface area contributed by atoms with Gasteiger partial charge in [-0.1, -0.05) is 12.0 Å². The van der Waals surface area contributed by atoms with Crippen LogP contribution in [0.1, 0.15) is 13.3 Å². The Morgan fingerprint density at radius 3 is 2.92 bits per heavy atom. The molecule has 0 aliphatic rings. The number of azide groups is 1. The van der Waals surface area contributed by atoms with Gasteiger partial charge < -0.3 is 10.1 Å². The summed E-state index contributed by atoms with van der Waals surface area (Å²) in [5.74, 6) is -0.288. The molecule has 1 N–H and O–H groups in total. The molecule has 0 aliphatic heterocycles. The molecule has 0 amide bonds. The highest BCUT2D eigenvalue weighted by Gasteiger charge is 2.14. The Labute approximate surface area is 76.9 Å². The lowest BCUT2D eigenvalue weighted by Gasteiger charge is -2.12. The molecule has 0 aromatic rings. The molecular formula is C7H14N4O2. The maximum atomic E-state index is 11.0. The Hall–Kier alpha value is -1.26. The van der Waals surface area contributed by atoms with E-state index >= 15 is 0 Å². The molecule has 0 heterocycles. The van der Waals surface area contributed by atoms with Crippen LogP contribution in [0, 0.1) is 0 Å². The summed E-state index contributed by atoms with van der Waals surface area (Å²) in [5, 5.41) is 6.24. The smallest absolute Gasteiger partial charge is 0.322 e. The second kappa shape index (κ2) is 7.39. The summed E-state index contributed by atoms with van der Waals surface area (Å²) in [4.78, 5) is 13.6. The normalized spacial score (nSPS) is 11.5.